The molecule has 0 saturated carbocycles. The van der Waals surface area contributed by atoms with Crippen LogP contribution in [0, 0.1) is 0 Å². The molecule has 4 aromatic rings. The maximum Gasteiger partial charge on any atom is 0.139 e. The smallest absolute Gasteiger partial charge is 0.139 e. The minimum absolute atomic E-state index is 0.805. The van der Waals surface area contributed by atoms with Gasteiger partial charge in [-0.15, -0.1) is 0 Å². The van der Waals surface area contributed by atoms with Crippen LogP contribution in [0.3, 0.4) is 0 Å². The van der Waals surface area contributed by atoms with Gasteiger partial charge in [-0.1, -0.05) is 18.2 Å². The Bertz CT molecular complexity index is 943. The lowest BCUT2D eigenvalue weighted by molar-refractivity contribution is 0.415. The van der Waals surface area contributed by atoms with E-state index in [0.717, 1.165) is 33.5 Å². The first kappa shape index (κ1) is 11.9. The molecule has 0 bridgehead atoms. The second-order valence-corrected chi connectivity index (χ2v) is 4.83. The van der Waals surface area contributed by atoms with E-state index in [4.69, 9.17) is 9.72 Å². The van der Waals surface area contributed by atoms with Crippen LogP contribution in [0.4, 0.5) is 0 Å². The van der Waals surface area contributed by atoms with Crippen molar-refractivity contribution in [3.05, 3.63) is 60.9 Å². The molecule has 0 aliphatic heterocycles. The standard InChI is InChI=1S/C17H13N3O/c1-21-13-7-8-16-15(10-13)18-11-20(16)17-9-6-12-4-2-3-5-14(12)19-17/h2-11H,1H3. The van der Waals surface area contributed by atoms with Gasteiger partial charge in [0.15, 0.2) is 0 Å². The highest BCUT2D eigenvalue weighted by Gasteiger charge is 2.07. The monoisotopic (exact) mass is 275 g/mol. The first-order valence-corrected chi connectivity index (χ1v) is 6.72. The molecule has 4 heteroatoms. The summed E-state index contributed by atoms with van der Waals surface area (Å²) in [5.74, 6) is 1.67. The van der Waals surface area contributed by atoms with Crippen molar-refractivity contribution in [3.63, 3.8) is 0 Å². The fraction of sp³-hybridized carbons (Fsp3) is 0.0588. The molecule has 0 N–H and O–H groups in total. The molecule has 0 radical (unpaired) electrons. The van der Waals surface area contributed by atoms with Gasteiger partial charge in [-0.05, 0) is 30.3 Å². The van der Waals surface area contributed by atoms with Crippen LogP contribution < -0.4 is 4.74 Å². The van der Waals surface area contributed by atoms with Crippen LogP contribution in [0.25, 0.3) is 27.8 Å². The van der Waals surface area contributed by atoms with Crippen LogP contribution in [-0.2, 0) is 0 Å². The minimum atomic E-state index is 0.805. The van der Waals surface area contributed by atoms with Crippen molar-refractivity contribution in [3.8, 4) is 11.6 Å². The second kappa shape index (κ2) is 4.59. The van der Waals surface area contributed by atoms with E-state index in [1.54, 1.807) is 13.4 Å². The Labute approximate surface area is 121 Å². The van der Waals surface area contributed by atoms with Crippen molar-refractivity contribution in [2.45, 2.75) is 0 Å². The zero-order valence-corrected chi connectivity index (χ0v) is 11.5. The summed E-state index contributed by atoms with van der Waals surface area (Å²) in [4.78, 5) is 9.13. The van der Waals surface area contributed by atoms with E-state index in [2.05, 4.69) is 17.1 Å². The third-order valence-corrected chi connectivity index (χ3v) is 3.58. The lowest BCUT2D eigenvalue weighted by Crippen LogP contribution is -1.95. The molecule has 0 saturated heterocycles. The van der Waals surface area contributed by atoms with Gasteiger partial charge in [-0.3, -0.25) is 4.57 Å². The number of para-hydroxylation sites is 1. The topological polar surface area (TPSA) is 39.9 Å². The Balaban J connectivity index is 1.91. The molecule has 2 aromatic heterocycles. The molecule has 0 amide bonds. The van der Waals surface area contributed by atoms with E-state index in [1.807, 2.05) is 47.0 Å². The maximum absolute atomic E-state index is 5.23. The highest BCUT2D eigenvalue weighted by molar-refractivity contribution is 5.81. The Kier molecular flexibility index (Phi) is 2.60. The molecular weight excluding hydrogens is 262 g/mol. The number of ether oxygens (including phenoxy) is 1. The minimum Gasteiger partial charge on any atom is -0.497 e. The number of pyridine rings is 1. The van der Waals surface area contributed by atoms with Gasteiger partial charge in [0.25, 0.3) is 0 Å². The average molecular weight is 275 g/mol. The molecular formula is C17H13N3O. The quantitative estimate of drug-likeness (QED) is 0.561. The van der Waals surface area contributed by atoms with Crippen molar-refractivity contribution in [2.75, 3.05) is 7.11 Å². The first-order chi connectivity index (χ1) is 10.3. The summed E-state index contributed by atoms with van der Waals surface area (Å²) in [5, 5.41) is 1.13. The number of nitrogens with zero attached hydrogens (tertiary/aromatic N) is 3. The highest BCUT2D eigenvalue weighted by atomic mass is 16.5. The summed E-state index contributed by atoms with van der Waals surface area (Å²) in [5.41, 5.74) is 2.88. The molecule has 0 fully saturated rings. The van der Waals surface area contributed by atoms with Gasteiger partial charge >= 0.3 is 0 Å². The Hall–Kier alpha value is -2.88. The van der Waals surface area contributed by atoms with E-state index in [-0.39, 0.29) is 0 Å². The third-order valence-electron chi connectivity index (χ3n) is 3.58. The number of benzene rings is 2. The summed E-state index contributed by atoms with van der Waals surface area (Å²) in [7, 11) is 1.66. The Morgan fingerprint density at radius 1 is 0.952 bits per heavy atom. The lowest BCUT2D eigenvalue weighted by atomic mass is 10.2. The van der Waals surface area contributed by atoms with Crippen LogP contribution in [-0.4, -0.2) is 21.6 Å². The number of hydrogen-bond acceptors (Lipinski definition) is 3. The van der Waals surface area contributed by atoms with Crippen LogP contribution in [0.1, 0.15) is 0 Å². The zero-order chi connectivity index (χ0) is 14.2. The summed E-state index contributed by atoms with van der Waals surface area (Å²) in [6.07, 6.45) is 1.79. The zero-order valence-electron chi connectivity index (χ0n) is 11.5. The van der Waals surface area contributed by atoms with E-state index >= 15 is 0 Å². The summed E-state index contributed by atoms with van der Waals surface area (Å²) >= 11 is 0. The van der Waals surface area contributed by atoms with Gasteiger partial charge in [0.2, 0.25) is 0 Å². The summed E-state index contributed by atoms with van der Waals surface area (Å²) < 4.78 is 7.22. The normalized spacial score (nSPS) is 11.1. The molecule has 0 aliphatic carbocycles. The number of rotatable bonds is 2. The number of methoxy groups -OCH3 is 1. The first-order valence-electron chi connectivity index (χ1n) is 6.72. The molecule has 2 heterocycles. The van der Waals surface area contributed by atoms with E-state index in [9.17, 15) is 0 Å². The van der Waals surface area contributed by atoms with Gasteiger partial charge in [0, 0.05) is 11.5 Å². The lowest BCUT2D eigenvalue weighted by Gasteiger charge is -2.05. The molecule has 0 unspecified atom stereocenters. The Morgan fingerprint density at radius 2 is 1.86 bits per heavy atom. The molecule has 0 aliphatic rings. The summed E-state index contributed by atoms with van der Waals surface area (Å²) in [6, 6.07) is 18.0. The third kappa shape index (κ3) is 1.92. The predicted octanol–water partition coefficient (Wildman–Crippen LogP) is 3.58. The van der Waals surface area contributed by atoms with Gasteiger partial charge in [0.05, 0.1) is 23.7 Å². The summed E-state index contributed by atoms with van der Waals surface area (Å²) in [6.45, 7) is 0. The largest absolute Gasteiger partial charge is 0.497 e. The highest BCUT2D eigenvalue weighted by Crippen LogP contribution is 2.23. The van der Waals surface area contributed by atoms with Crippen molar-refractivity contribution in [1.82, 2.24) is 14.5 Å². The number of hydrogen-bond donors (Lipinski definition) is 0. The molecule has 102 valence electrons. The van der Waals surface area contributed by atoms with Gasteiger partial charge in [-0.25, -0.2) is 9.97 Å². The molecule has 4 nitrogen and oxygen atoms in total. The Morgan fingerprint density at radius 3 is 2.76 bits per heavy atom. The second-order valence-electron chi connectivity index (χ2n) is 4.83. The van der Waals surface area contributed by atoms with Crippen LogP contribution >= 0.6 is 0 Å². The fourth-order valence-electron chi connectivity index (χ4n) is 2.49. The predicted molar refractivity (Wildman–Crippen MR) is 82.9 cm³/mol. The van der Waals surface area contributed by atoms with Crippen molar-refractivity contribution >= 4 is 21.9 Å². The van der Waals surface area contributed by atoms with Crippen molar-refractivity contribution < 1.29 is 4.74 Å². The van der Waals surface area contributed by atoms with Gasteiger partial charge in [-0.2, -0.15) is 0 Å². The van der Waals surface area contributed by atoms with Crippen LogP contribution in [0.5, 0.6) is 5.75 Å². The fourth-order valence-corrected chi connectivity index (χ4v) is 2.49. The van der Waals surface area contributed by atoms with Crippen molar-refractivity contribution in [2.24, 2.45) is 0 Å². The number of fused-ring (bicyclic) bond motifs is 2. The van der Waals surface area contributed by atoms with E-state index in [1.165, 1.54) is 0 Å². The SMILES string of the molecule is COc1ccc2c(c1)ncn2-c1ccc2ccccc2n1. The van der Waals surface area contributed by atoms with Gasteiger partial charge in [0.1, 0.15) is 17.9 Å². The van der Waals surface area contributed by atoms with Crippen LogP contribution in [0.2, 0.25) is 0 Å². The average Bonchev–Trinajstić information content (AvgIpc) is 2.97. The van der Waals surface area contributed by atoms with Crippen molar-refractivity contribution in [1.29, 1.82) is 0 Å². The maximum atomic E-state index is 5.23. The molecule has 4 rings (SSSR count). The number of imidazole rings is 1. The van der Waals surface area contributed by atoms with Crippen LogP contribution in [0.15, 0.2) is 60.9 Å². The van der Waals surface area contributed by atoms with Gasteiger partial charge < -0.3 is 4.74 Å². The molecule has 0 atom stereocenters. The molecule has 0 spiro atoms. The van der Waals surface area contributed by atoms with E-state index < -0.39 is 0 Å². The number of aromatic nitrogens is 3. The molecule has 2 aromatic carbocycles. The molecule has 21 heavy (non-hydrogen) atoms. The van der Waals surface area contributed by atoms with E-state index in [0.29, 0.717) is 0 Å².